The molecule has 0 aliphatic heterocycles. The van der Waals surface area contributed by atoms with Crippen molar-refractivity contribution in [2.75, 3.05) is 0 Å². The molecule has 0 bridgehead atoms. The van der Waals surface area contributed by atoms with Crippen LogP contribution in [0.3, 0.4) is 0 Å². The van der Waals surface area contributed by atoms with Gasteiger partial charge in [0.05, 0.1) is 0 Å². The molecule has 4 saturated carbocycles. The highest BCUT2D eigenvalue weighted by Gasteiger charge is 2.59. The summed E-state index contributed by atoms with van der Waals surface area (Å²) in [7, 11) is 0. The van der Waals surface area contributed by atoms with Crippen molar-refractivity contribution in [2.24, 2.45) is 46.3 Å². The molecule has 0 nitrogen and oxygen atoms in total. The van der Waals surface area contributed by atoms with E-state index in [0.29, 0.717) is 5.41 Å². The van der Waals surface area contributed by atoms with Gasteiger partial charge in [-0.05, 0) is 97.7 Å². The lowest BCUT2D eigenvalue weighted by molar-refractivity contribution is -0.114. The predicted octanol–water partition coefficient (Wildman–Crippen LogP) is 7.47. The first-order valence-corrected chi connectivity index (χ1v) is 11.5. The highest BCUT2D eigenvalue weighted by molar-refractivity contribution is 5.09. The molecule has 0 aromatic rings. The van der Waals surface area contributed by atoms with Crippen LogP contribution in [-0.4, -0.2) is 0 Å². The fourth-order valence-electron chi connectivity index (χ4n) is 8.93. The van der Waals surface area contributed by atoms with E-state index in [0.717, 1.165) is 40.9 Å². The minimum atomic E-state index is 0.688. The van der Waals surface area contributed by atoms with Gasteiger partial charge in [0, 0.05) is 0 Å². The van der Waals surface area contributed by atoms with Gasteiger partial charge in [-0.15, -0.1) is 0 Å². The summed E-state index contributed by atoms with van der Waals surface area (Å²) in [6, 6.07) is 0. The third-order valence-electron chi connectivity index (χ3n) is 10.1. The highest BCUT2D eigenvalue weighted by Crippen LogP contribution is 2.68. The van der Waals surface area contributed by atoms with Crippen LogP contribution in [0.4, 0.5) is 0 Å². The van der Waals surface area contributed by atoms with Gasteiger partial charge < -0.3 is 0 Å². The van der Waals surface area contributed by atoms with Crippen LogP contribution in [0.25, 0.3) is 0 Å². The fourth-order valence-corrected chi connectivity index (χ4v) is 8.93. The monoisotopic (exact) mass is 330 g/mol. The van der Waals surface area contributed by atoms with Gasteiger partial charge in [0.2, 0.25) is 0 Å². The maximum atomic E-state index is 2.73. The molecule has 0 aromatic heterocycles. The summed E-state index contributed by atoms with van der Waals surface area (Å²) in [5.41, 5.74) is 1.41. The second kappa shape index (κ2) is 6.31. The highest BCUT2D eigenvalue weighted by atomic mass is 14.6. The zero-order valence-electron chi connectivity index (χ0n) is 16.9. The molecular formula is C24H42. The van der Waals surface area contributed by atoms with Crippen LogP contribution in [0, 0.1) is 46.3 Å². The van der Waals surface area contributed by atoms with Crippen LogP contribution < -0.4 is 0 Å². The Bertz CT molecular complexity index is 453. The largest absolute Gasteiger partial charge is 0.0654 e. The van der Waals surface area contributed by atoms with Crippen LogP contribution in [0.1, 0.15) is 105 Å². The van der Waals surface area contributed by atoms with Crippen molar-refractivity contribution in [1.82, 2.24) is 0 Å². The van der Waals surface area contributed by atoms with Crippen molar-refractivity contribution < 1.29 is 0 Å². The number of hydrogen-bond acceptors (Lipinski definition) is 0. The molecule has 4 fully saturated rings. The lowest BCUT2D eigenvalue weighted by Crippen LogP contribution is -2.53. The second-order valence-electron chi connectivity index (χ2n) is 10.9. The maximum Gasteiger partial charge on any atom is -0.0264 e. The van der Waals surface area contributed by atoms with E-state index in [1.807, 2.05) is 0 Å². The Morgan fingerprint density at radius 3 is 2.42 bits per heavy atom. The van der Waals surface area contributed by atoms with Crippen molar-refractivity contribution >= 4 is 0 Å². The first kappa shape index (κ1) is 17.4. The molecule has 4 aliphatic carbocycles. The topological polar surface area (TPSA) is 0 Å². The molecule has 0 heteroatoms. The molecule has 4 rings (SSSR count). The molecule has 24 heavy (non-hydrogen) atoms. The summed E-state index contributed by atoms with van der Waals surface area (Å²) in [6.07, 6.45) is 18.4. The van der Waals surface area contributed by atoms with E-state index in [2.05, 4.69) is 27.7 Å². The van der Waals surface area contributed by atoms with Gasteiger partial charge in [0.1, 0.15) is 0 Å². The first-order valence-electron chi connectivity index (χ1n) is 11.5. The maximum absolute atomic E-state index is 2.73. The van der Waals surface area contributed by atoms with E-state index in [9.17, 15) is 0 Å². The van der Waals surface area contributed by atoms with Crippen LogP contribution in [-0.2, 0) is 0 Å². The Kier molecular flexibility index (Phi) is 4.58. The summed E-state index contributed by atoms with van der Waals surface area (Å²) in [5.74, 6) is 6.30. The standard InChI is InChI=1S/C24H42/c1-5-8-17(2)20-12-13-21-19-11-10-18-9-6-7-15-23(18,3)22(19)14-16-24(20,21)4/h17-22H,5-16H2,1-4H3. The van der Waals surface area contributed by atoms with Gasteiger partial charge >= 0.3 is 0 Å². The smallest absolute Gasteiger partial charge is 0.0264 e. The van der Waals surface area contributed by atoms with Gasteiger partial charge in [-0.25, -0.2) is 0 Å². The third kappa shape index (κ3) is 2.44. The molecule has 8 atom stereocenters. The van der Waals surface area contributed by atoms with Crippen LogP contribution in [0.15, 0.2) is 0 Å². The van der Waals surface area contributed by atoms with Gasteiger partial charge in [0.25, 0.3) is 0 Å². The molecule has 0 heterocycles. The van der Waals surface area contributed by atoms with Gasteiger partial charge in [-0.3, -0.25) is 0 Å². The lowest BCUT2D eigenvalue weighted by Gasteiger charge is -2.61. The number of hydrogen-bond donors (Lipinski definition) is 0. The average Bonchev–Trinajstić information content (AvgIpc) is 2.92. The zero-order chi connectivity index (χ0) is 16.9. The van der Waals surface area contributed by atoms with E-state index in [-0.39, 0.29) is 0 Å². The molecular weight excluding hydrogens is 288 g/mol. The Labute approximate surface area is 151 Å². The van der Waals surface area contributed by atoms with E-state index in [4.69, 9.17) is 0 Å². The molecule has 0 amide bonds. The van der Waals surface area contributed by atoms with Gasteiger partial charge in [-0.2, -0.15) is 0 Å². The Hall–Kier alpha value is 0. The van der Waals surface area contributed by atoms with Gasteiger partial charge in [0.15, 0.2) is 0 Å². The van der Waals surface area contributed by atoms with Crippen LogP contribution in [0.5, 0.6) is 0 Å². The van der Waals surface area contributed by atoms with Crippen LogP contribution >= 0.6 is 0 Å². The number of rotatable bonds is 3. The van der Waals surface area contributed by atoms with Gasteiger partial charge in [-0.1, -0.05) is 53.4 Å². The SMILES string of the molecule is CCCC(C)C1CCC2C3CCC4CCCCC4(C)C3CCC12C. The molecule has 0 spiro atoms. The van der Waals surface area contributed by atoms with Crippen molar-refractivity contribution in [1.29, 1.82) is 0 Å². The summed E-state index contributed by atoms with van der Waals surface area (Å²) in [5, 5.41) is 0. The molecule has 0 aromatic carbocycles. The van der Waals surface area contributed by atoms with Crippen molar-refractivity contribution in [3.8, 4) is 0 Å². The molecule has 0 N–H and O–H groups in total. The summed E-state index contributed by atoms with van der Waals surface area (Å²) in [4.78, 5) is 0. The quantitative estimate of drug-likeness (QED) is 0.503. The summed E-state index contributed by atoms with van der Waals surface area (Å²) in [6.45, 7) is 10.4. The number of fused-ring (bicyclic) bond motifs is 5. The van der Waals surface area contributed by atoms with Crippen molar-refractivity contribution in [2.45, 2.75) is 105 Å². The molecule has 8 unspecified atom stereocenters. The van der Waals surface area contributed by atoms with E-state index in [1.165, 1.54) is 25.7 Å². The van der Waals surface area contributed by atoms with E-state index >= 15 is 0 Å². The molecule has 0 saturated heterocycles. The Balaban J connectivity index is 1.57. The van der Waals surface area contributed by atoms with Crippen LogP contribution in [0.2, 0.25) is 0 Å². The first-order chi connectivity index (χ1) is 11.5. The predicted molar refractivity (Wildman–Crippen MR) is 104 cm³/mol. The molecule has 4 aliphatic rings. The van der Waals surface area contributed by atoms with E-state index < -0.39 is 0 Å². The molecule has 138 valence electrons. The summed E-state index contributed by atoms with van der Waals surface area (Å²) < 4.78 is 0. The minimum absolute atomic E-state index is 0.688. The lowest BCUT2D eigenvalue weighted by atomic mass is 9.44. The van der Waals surface area contributed by atoms with Crippen molar-refractivity contribution in [3.05, 3.63) is 0 Å². The fraction of sp³-hybridized carbons (Fsp3) is 1.00. The van der Waals surface area contributed by atoms with E-state index in [1.54, 1.807) is 51.4 Å². The van der Waals surface area contributed by atoms with Crippen molar-refractivity contribution in [3.63, 3.8) is 0 Å². The second-order valence-corrected chi connectivity index (χ2v) is 10.9. The summed E-state index contributed by atoms with van der Waals surface area (Å²) >= 11 is 0. The zero-order valence-corrected chi connectivity index (χ0v) is 16.9. The Morgan fingerprint density at radius 1 is 0.833 bits per heavy atom. The Morgan fingerprint density at radius 2 is 1.62 bits per heavy atom. The minimum Gasteiger partial charge on any atom is -0.0654 e. The molecule has 0 radical (unpaired) electrons. The normalized spacial score (nSPS) is 52.2. The third-order valence-corrected chi connectivity index (χ3v) is 10.1. The average molecular weight is 331 g/mol.